The Labute approximate surface area is 159 Å². The number of nitrogens with one attached hydrogen (secondary N) is 2. The zero-order chi connectivity index (χ0) is 18.9. The van der Waals surface area contributed by atoms with Crippen LogP contribution in [0.1, 0.15) is 0 Å². The van der Waals surface area contributed by atoms with Crippen LogP contribution in [0.5, 0.6) is 0 Å². The smallest absolute Gasteiger partial charge is 0.325 e. The van der Waals surface area contributed by atoms with Crippen molar-refractivity contribution in [2.45, 2.75) is 6.54 Å². The third kappa shape index (κ3) is 2.83. The quantitative estimate of drug-likeness (QED) is 0.492. The Hall–Kier alpha value is -3.87. The van der Waals surface area contributed by atoms with Crippen molar-refractivity contribution in [2.75, 3.05) is 11.9 Å². The average Bonchev–Trinajstić information content (AvgIpc) is 3.31. The first kappa shape index (κ1) is 16.3. The first-order valence-electron chi connectivity index (χ1n) is 9.00. The second-order valence-electron chi connectivity index (χ2n) is 6.45. The van der Waals surface area contributed by atoms with E-state index in [1.807, 2.05) is 42.5 Å². The number of H-pyrrole nitrogens is 1. The summed E-state index contributed by atoms with van der Waals surface area (Å²) >= 11 is 0. The third-order valence-electron chi connectivity index (χ3n) is 4.73. The van der Waals surface area contributed by atoms with E-state index in [2.05, 4.69) is 26.3 Å². The number of fused-ring (bicyclic) bond motifs is 3. The number of furan rings is 1. The highest BCUT2D eigenvalue weighted by molar-refractivity contribution is 6.12. The normalized spacial score (nSPS) is 11.3. The Morgan fingerprint density at radius 2 is 1.96 bits per heavy atom. The minimum Gasteiger partial charge on any atom is -0.456 e. The molecule has 0 aliphatic rings. The number of hydrogen-bond acceptors (Lipinski definition) is 5. The Morgan fingerprint density at radius 1 is 1.07 bits per heavy atom. The maximum atomic E-state index is 11.6. The molecule has 0 aliphatic carbocycles. The average molecular weight is 371 g/mol. The van der Waals surface area contributed by atoms with E-state index in [9.17, 15) is 4.79 Å². The molecule has 0 radical (unpaired) electrons. The van der Waals surface area contributed by atoms with Gasteiger partial charge >= 0.3 is 5.69 Å². The molecule has 3 aromatic heterocycles. The molecule has 0 unspecified atom stereocenters. The lowest BCUT2D eigenvalue weighted by atomic mass is 10.0. The van der Waals surface area contributed by atoms with Gasteiger partial charge < -0.3 is 14.7 Å². The summed E-state index contributed by atoms with van der Waals surface area (Å²) in [5.74, 6) is 0.707. The number of imidazole rings is 1. The summed E-state index contributed by atoms with van der Waals surface area (Å²) < 4.78 is 7.57. The molecular formula is C21H17N5O2. The first-order valence-corrected chi connectivity index (χ1v) is 9.00. The fourth-order valence-electron chi connectivity index (χ4n) is 3.42. The molecule has 0 fully saturated rings. The minimum absolute atomic E-state index is 0.122. The number of nitrogens with zero attached hydrogens (tertiary/aromatic N) is 3. The Balaban J connectivity index is 1.48. The van der Waals surface area contributed by atoms with Crippen LogP contribution in [-0.2, 0) is 6.54 Å². The molecule has 0 bridgehead atoms. The number of hydrogen-bond donors (Lipinski definition) is 2. The van der Waals surface area contributed by atoms with Crippen molar-refractivity contribution in [1.82, 2.24) is 19.5 Å². The van der Waals surface area contributed by atoms with Gasteiger partial charge in [-0.05, 0) is 12.1 Å². The van der Waals surface area contributed by atoms with Gasteiger partial charge in [-0.1, -0.05) is 30.3 Å². The van der Waals surface area contributed by atoms with Crippen LogP contribution in [0.4, 0.5) is 5.82 Å². The van der Waals surface area contributed by atoms with Crippen molar-refractivity contribution in [3.8, 4) is 11.3 Å². The second-order valence-corrected chi connectivity index (χ2v) is 6.45. The Kier molecular flexibility index (Phi) is 3.90. The summed E-state index contributed by atoms with van der Waals surface area (Å²) in [6.45, 7) is 1.12. The maximum Gasteiger partial charge on any atom is 0.325 e. The van der Waals surface area contributed by atoms with Gasteiger partial charge in [-0.25, -0.2) is 14.8 Å². The fraction of sp³-hybridized carbons (Fsp3) is 0.0952. The summed E-state index contributed by atoms with van der Waals surface area (Å²) in [6, 6.07) is 15.9. The van der Waals surface area contributed by atoms with Crippen LogP contribution in [0.25, 0.3) is 33.2 Å². The van der Waals surface area contributed by atoms with Gasteiger partial charge in [0.1, 0.15) is 23.3 Å². The van der Waals surface area contributed by atoms with E-state index in [4.69, 9.17) is 4.42 Å². The summed E-state index contributed by atoms with van der Waals surface area (Å²) in [4.78, 5) is 22.9. The minimum atomic E-state index is -0.122. The van der Waals surface area contributed by atoms with Crippen molar-refractivity contribution in [2.24, 2.45) is 0 Å². The van der Waals surface area contributed by atoms with Gasteiger partial charge in [0.05, 0.1) is 5.69 Å². The molecule has 2 aromatic carbocycles. The lowest BCUT2D eigenvalue weighted by Gasteiger charge is -2.08. The van der Waals surface area contributed by atoms with E-state index in [0.717, 1.165) is 33.2 Å². The molecule has 3 heterocycles. The van der Waals surface area contributed by atoms with Crippen LogP contribution in [-0.4, -0.2) is 26.1 Å². The molecule has 7 nitrogen and oxygen atoms in total. The van der Waals surface area contributed by atoms with E-state index in [-0.39, 0.29) is 5.69 Å². The number of aromatic nitrogens is 4. The van der Waals surface area contributed by atoms with Crippen molar-refractivity contribution in [3.63, 3.8) is 0 Å². The van der Waals surface area contributed by atoms with E-state index in [1.165, 1.54) is 0 Å². The van der Waals surface area contributed by atoms with Crippen molar-refractivity contribution in [1.29, 1.82) is 0 Å². The van der Waals surface area contributed by atoms with Gasteiger partial charge in [-0.2, -0.15) is 0 Å². The summed E-state index contributed by atoms with van der Waals surface area (Å²) in [5, 5.41) is 5.36. The number of benzene rings is 2. The zero-order valence-electron chi connectivity index (χ0n) is 14.9. The number of para-hydroxylation sites is 1. The van der Waals surface area contributed by atoms with Gasteiger partial charge in [-0.15, -0.1) is 0 Å². The van der Waals surface area contributed by atoms with E-state index >= 15 is 0 Å². The van der Waals surface area contributed by atoms with Crippen LogP contribution in [0, 0.1) is 0 Å². The third-order valence-corrected chi connectivity index (χ3v) is 4.73. The van der Waals surface area contributed by atoms with E-state index < -0.39 is 0 Å². The van der Waals surface area contributed by atoms with Gasteiger partial charge in [0.15, 0.2) is 0 Å². The molecule has 0 spiro atoms. The summed E-state index contributed by atoms with van der Waals surface area (Å²) in [7, 11) is 0. The predicted molar refractivity (Wildman–Crippen MR) is 108 cm³/mol. The molecular weight excluding hydrogens is 354 g/mol. The molecule has 28 heavy (non-hydrogen) atoms. The second kappa shape index (κ2) is 6.70. The van der Waals surface area contributed by atoms with Gasteiger partial charge in [-0.3, -0.25) is 4.57 Å². The van der Waals surface area contributed by atoms with Crippen LogP contribution >= 0.6 is 0 Å². The molecule has 0 atom stereocenters. The first-order chi connectivity index (χ1) is 13.8. The monoisotopic (exact) mass is 371 g/mol. The number of anilines is 1. The van der Waals surface area contributed by atoms with Crippen LogP contribution in [0.3, 0.4) is 0 Å². The standard InChI is InChI=1S/C21H17N5O2/c27-21-23-9-11-26(21)10-8-22-19-12-16(24-13-25-19)14-5-3-7-18-20(14)15-4-1-2-6-17(15)28-18/h1-7,9,11-13H,8,10H2,(H,23,27)(H,22,24,25). The fourth-order valence-corrected chi connectivity index (χ4v) is 3.42. The topological polar surface area (TPSA) is 88.7 Å². The van der Waals surface area contributed by atoms with Crippen molar-refractivity contribution >= 4 is 27.8 Å². The highest BCUT2D eigenvalue weighted by atomic mass is 16.3. The highest BCUT2D eigenvalue weighted by Gasteiger charge is 2.13. The lowest BCUT2D eigenvalue weighted by Crippen LogP contribution is -2.20. The van der Waals surface area contributed by atoms with Crippen molar-refractivity contribution < 1.29 is 4.42 Å². The molecule has 5 aromatic rings. The Bertz CT molecular complexity index is 1330. The number of rotatable bonds is 5. The molecule has 138 valence electrons. The summed E-state index contributed by atoms with van der Waals surface area (Å²) in [6.07, 6.45) is 4.89. The van der Waals surface area contributed by atoms with Gasteiger partial charge in [0.2, 0.25) is 0 Å². The largest absolute Gasteiger partial charge is 0.456 e. The molecule has 0 amide bonds. The molecule has 0 saturated heterocycles. The van der Waals surface area contributed by atoms with Gasteiger partial charge in [0, 0.05) is 47.9 Å². The SMILES string of the molecule is O=c1[nH]ccn1CCNc1cc(-c2cccc3oc4ccccc4c23)ncn1. The van der Waals surface area contributed by atoms with E-state index in [0.29, 0.717) is 18.9 Å². The molecule has 2 N–H and O–H groups in total. The Morgan fingerprint density at radius 3 is 2.86 bits per heavy atom. The predicted octanol–water partition coefficient (Wildman–Crippen LogP) is 3.64. The van der Waals surface area contributed by atoms with E-state index in [1.54, 1.807) is 23.3 Å². The van der Waals surface area contributed by atoms with Crippen LogP contribution in [0.15, 0.2) is 76.5 Å². The molecule has 5 rings (SSSR count). The number of aromatic amines is 1. The lowest BCUT2D eigenvalue weighted by molar-refractivity contribution is 0.669. The van der Waals surface area contributed by atoms with Crippen molar-refractivity contribution in [3.05, 3.63) is 77.7 Å². The van der Waals surface area contributed by atoms with Crippen LogP contribution < -0.4 is 11.0 Å². The zero-order valence-corrected chi connectivity index (χ0v) is 14.9. The van der Waals surface area contributed by atoms with Crippen LogP contribution in [0.2, 0.25) is 0 Å². The molecule has 7 heteroatoms. The molecule has 0 saturated carbocycles. The molecule has 0 aliphatic heterocycles. The van der Waals surface area contributed by atoms with Gasteiger partial charge in [0.25, 0.3) is 0 Å². The summed E-state index contributed by atoms with van der Waals surface area (Å²) in [5.41, 5.74) is 3.37. The maximum absolute atomic E-state index is 11.6. The highest BCUT2D eigenvalue weighted by Crippen LogP contribution is 2.35.